The molecule has 0 fully saturated rings. The van der Waals surface area contributed by atoms with Gasteiger partial charge in [-0.15, -0.1) is 0 Å². The van der Waals surface area contributed by atoms with Crippen LogP contribution in [0.3, 0.4) is 0 Å². The van der Waals surface area contributed by atoms with Crippen molar-refractivity contribution in [1.29, 1.82) is 0 Å². The number of hydrogen-bond donors (Lipinski definition) is 0. The molecule has 1 aliphatic heterocycles. The molecular formula is C10H10OSe. The summed E-state index contributed by atoms with van der Waals surface area (Å²) in [5.41, 5.74) is 2.64. The van der Waals surface area contributed by atoms with Crippen LogP contribution in [0, 0.1) is 0 Å². The number of benzene rings is 1. The fourth-order valence-corrected chi connectivity index (χ4v) is 3.08. The third kappa shape index (κ3) is 1.34. The molecule has 12 heavy (non-hydrogen) atoms. The van der Waals surface area contributed by atoms with Crippen LogP contribution in [0.25, 0.3) is 6.08 Å². The van der Waals surface area contributed by atoms with Crippen LogP contribution < -0.4 is 0 Å². The molecule has 0 aromatic heterocycles. The van der Waals surface area contributed by atoms with Crippen LogP contribution in [-0.4, -0.2) is 22.1 Å². The van der Waals surface area contributed by atoms with Gasteiger partial charge in [-0.25, -0.2) is 0 Å². The van der Waals surface area contributed by atoms with Gasteiger partial charge in [0.15, 0.2) is 0 Å². The molecular weight excluding hydrogens is 215 g/mol. The number of ether oxygens (including phenoxy) is 1. The number of methoxy groups -OCH3 is 1. The second-order valence-corrected chi connectivity index (χ2v) is 4.68. The van der Waals surface area contributed by atoms with E-state index in [2.05, 4.69) is 35.3 Å². The molecule has 0 amide bonds. The minimum atomic E-state index is 0.318. The van der Waals surface area contributed by atoms with Crippen molar-refractivity contribution >= 4 is 21.0 Å². The van der Waals surface area contributed by atoms with Gasteiger partial charge < -0.3 is 0 Å². The Morgan fingerprint density at radius 2 is 2.17 bits per heavy atom. The second kappa shape index (κ2) is 3.44. The summed E-state index contributed by atoms with van der Waals surface area (Å²) in [7, 11) is 1.78. The van der Waals surface area contributed by atoms with Gasteiger partial charge in [-0.3, -0.25) is 0 Å². The van der Waals surface area contributed by atoms with Crippen LogP contribution in [0.1, 0.15) is 16.1 Å². The zero-order chi connectivity index (χ0) is 8.39. The van der Waals surface area contributed by atoms with E-state index in [1.165, 1.54) is 11.1 Å². The predicted molar refractivity (Wildman–Crippen MR) is 51.0 cm³/mol. The molecule has 0 saturated heterocycles. The summed E-state index contributed by atoms with van der Waals surface area (Å²) >= 11 is 0.461. The third-order valence-corrected chi connectivity index (χ3v) is 3.98. The number of hydrogen-bond acceptors (Lipinski definition) is 1. The van der Waals surface area contributed by atoms with Gasteiger partial charge in [-0.1, -0.05) is 0 Å². The summed E-state index contributed by atoms with van der Waals surface area (Å²) in [5.74, 6) is 0. The van der Waals surface area contributed by atoms with Crippen LogP contribution in [0.5, 0.6) is 0 Å². The van der Waals surface area contributed by atoms with E-state index in [1.807, 2.05) is 0 Å². The standard InChI is InChI=1S/C10H10OSe/c1-11-10-9-5-3-2-4-8(9)6-7-12-10/h2-7,10H,1H3. The van der Waals surface area contributed by atoms with E-state index in [4.69, 9.17) is 4.74 Å². The van der Waals surface area contributed by atoms with Gasteiger partial charge in [0.1, 0.15) is 0 Å². The second-order valence-electron chi connectivity index (χ2n) is 2.64. The van der Waals surface area contributed by atoms with Crippen molar-refractivity contribution in [2.75, 3.05) is 7.11 Å². The van der Waals surface area contributed by atoms with E-state index in [-0.39, 0.29) is 0 Å². The van der Waals surface area contributed by atoms with Gasteiger partial charge in [0.2, 0.25) is 0 Å². The first-order valence-electron chi connectivity index (χ1n) is 3.85. The SMILES string of the molecule is COC1[Se]C=Cc2ccccc21. The van der Waals surface area contributed by atoms with Gasteiger partial charge in [0.25, 0.3) is 0 Å². The first-order chi connectivity index (χ1) is 5.92. The molecule has 0 saturated carbocycles. The average molecular weight is 225 g/mol. The molecule has 0 bridgehead atoms. The zero-order valence-electron chi connectivity index (χ0n) is 6.86. The van der Waals surface area contributed by atoms with Crippen LogP contribution in [0.15, 0.2) is 29.2 Å². The predicted octanol–water partition coefficient (Wildman–Crippen LogP) is 2.02. The molecule has 0 spiro atoms. The summed E-state index contributed by atoms with van der Waals surface area (Å²) in [6.07, 6.45) is 2.19. The van der Waals surface area contributed by atoms with E-state index < -0.39 is 0 Å². The van der Waals surface area contributed by atoms with Crippen molar-refractivity contribution in [2.24, 2.45) is 0 Å². The molecule has 1 heterocycles. The van der Waals surface area contributed by atoms with E-state index >= 15 is 0 Å². The van der Waals surface area contributed by atoms with Gasteiger partial charge >= 0.3 is 78.2 Å². The Kier molecular flexibility index (Phi) is 2.31. The fraction of sp³-hybridized carbons (Fsp3) is 0.200. The summed E-state index contributed by atoms with van der Waals surface area (Å²) in [5, 5.41) is 0.318. The van der Waals surface area contributed by atoms with Gasteiger partial charge in [-0.2, -0.15) is 0 Å². The van der Waals surface area contributed by atoms with Crippen molar-refractivity contribution in [1.82, 2.24) is 0 Å². The topological polar surface area (TPSA) is 9.23 Å². The molecule has 1 nitrogen and oxygen atoms in total. The first kappa shape index (κ1) is 8.06. The molecule has 0 aliphatic carbocycles. The Hall–Kier alpha value is -0.561. The molecule has 2 heteroatoms. The summed E-state index contributed by atoms with van der Waals surface area (Å²) in [6.45, 7) is 0. The Balaban J connectivity index is 2.45. The average Bonchev–Trinajstić information content (AvgIpc) is 2.17. The Morgan fingerprint density at radius 3 is 3.00 bits per heavy atom. The van der Waals surface area contributed by atoms with Crippen LogP contribution in [-0.2, 0) is 4.74 Å². The Morgan fingerprint density at radius 1 is 1.33 bits per heavy atom. The van der Waals surface area contributed by atoms with Crippen LogP contribution in [0.4, 0.5) is 0 Å². The molecule has 1 atom stereocenters. The molecule has 1 aliphatic rings. The molecule has 0 radical (unpaired) electrons. The van der Waals surface area contributed by atoms with Gasteiger partial charge in [0, 0.05) is 0 Å². The molecule has 0 N–H and O–H groups in total. The number of fused-ring (bicyclic) bond motifs is 1. The maximum absolute atomic E-state index is 5.39. The summed E-state index contributed by atoms with van der Waals surface area (Å²) in [6, 6.07) is 8.41. The summed E-state index contributed by atoms with van der Waals surface area (Å²) < 4.78 is 5.39. The third-order valence-electron chi connectivity index (χ3n) is 1.91. The monoisotopic (exact) mass is 226 g/mol. The van der Waals surface area contributed by atoms with Crippen molar-refractivity contribution in [3.63, 3.8) is 0 Å². The molecule has 2 rings (SSSR count). The Labute approximate surface area is 78.6 Å². The molecule has 1 aromatic rings. The van der Waals surface area contributed by atoms with Crippen molar-refractivity contribution in [3.05, 3.63) is 40.4 Å². The maximum atomic E-state index is 5.39. The van der Waals surface area contributed by atoms with Crippen molar-refractivity contribution in [3.8, 4) is 0 Å². The van der Waals surface area contributed by atoms with Crippen molar-refractivity contribution in [2.45, 2.75) is 5.00 Å². The zero-order valence-corrected chi connectivity index (χ0v) is 8.57. The quantitative estimate of drug-likeness (QED) is 0.664. The number of rotatable bonds is 1. The van der Waals surface area contributed by atoms with Gasteiger partial charge in [0.05, 0.1) is 0 Å². The molecule has 1 unspecified atom stereocenters. The van der Waals surface area contributed by atoms with E-state index in [0.29, 0.717) is 20.0 Å². The van der Waals surface area contributed by atoms with Gasteiger partial charge in [-0.05, 0) is 0 Å². The minimum absolute atomic E-state index is 0.318. The van der Waals surface area contributed by atoms with E-state index in [1.54, 1.807) is 7.11 Å². The molecule has 1 aromatic carbocycles. The Bertz CT molecular complexity index is 306. The molecule has 62 valence electrons. The van der Waals surface area contributed by atoms with E-state index in [9.17, 15) is 0 Å². The van der Waals surface area contributed by atoms with Crippen LogP contribution >= 0.6 is 0 Å². The van der Waals surface area contributed by atoms with Crippen LogP contribution in [0.2, 0.25) is 0 Å². The fourth-order valence-electron chi connectivity index (χ4n) is 1.32. The first-order valence-corrected chi connectivity index (χ1v) is 5.83. The summed E-state index contributed by atoms with van der Waals surface area (Å²) in [4.78, 5) is 2.23. The normalized spacial score (nSPS) is 20.6. The van der Waals surface area contributed by atoms with Crippen molar-refractivity contribution < 1.29 is 4.74 Å². The van der Waals surface area contributed by atoms with E-state index in [0.717, 1.165) is 0 Å².